The monoisotopic (exact) mass is 475 g/mol. The summed E-state index contributed by atoms with van der Waals surface area (Å²) in [5.74, 6) is -1.16. The molecule has 3 aromatic rings. The lowest BCUT2D eigenvalue weighted by atomic mass is 10.0. The van der Waals surface area contributed by atoms with Crippen molar-refractivity contribution in [2.24, 2.45) is 0 Å². The van der Waals surface area contributed by atoms with E-state index >= 15 is 0 Å². The van der Waals surface area contributed by atoms with Gasteiger partial charge in [-0.25, -0.2) is 4.79 Å². The summed E-state index contributed by atoms with van der Waals surface area (Å²) in [6.07, 6.45) is -7.09. The number of halogens is 3. The van der Waals surface area contributed by atoms with Gasteiger partial charge in [-0.3, -0.25) is 19.2 Å². The molecule has 10 heteroatoms. The minimum absolute atomic E-state index is 0.0222. The summed E-state index contributed by atoms with van der Waals surface area (Å²) in [5.41, 5.74) is 0.525. The van der Waals surface area contributed by atoms with Gasteiger partial charge in [0.15, 0.2) is 6.10 Å². The van der Waals surface area contributed by atoms with Crippen LogP contribution in [0.4, 0.5) is 13.2 Å². The van der Waals surface area contributed by atoms with E-state index in [4.69, 9.17) is 0 Å². The molecule has 1 saturated heterocycles. The number of carboxylic acid groups (broad SMARTS) is 1. The standard InChI is InChI=1S/C24H24F3N3O4/c25-24(26,27)20(31)15-29-12-10-28(11-13-29)14-19-21(23(33)34)17-8-4-5-9-18(17)22(32)30(19)16-6-2-1-3-7-16/h1-9,20,31H,10-15H2,(H,33,34). The highest BCUT2D eigenvalue weighted by atomic mass is 19.4. The Hall–Kier alpha value is -3.21. The number of aliphatic hydroxyl groups excluding tert-OH is 1. The molecule has 1 fully saturated rings. The predicted octanol–water partition coefficient (Wildman–Crippen LogP) is 2.73. The van der Waals surface area contributed by atoms with Gasteiger partial charge in [0, 0.05) is 55.7 Å². The zero-order valence-corrected chi connectivity index (χ0v) is 18.2. The summed E-state index contributed by atoms with van der Waals surface area (Å²) in [5, 5.41) is 20.1. The molecular weight excluding hydrogens is 451 g/mol. The average molecular weight is 475 g/mol. The number of piperazine rings is 1. The number of para-hydroxylation sites is 1. The van der Waals surface area contributed by atoms with E-state index in [1.54, 1.807) is 54.6 Å². The van der Waals surface area contributed by atoms with Crippen LogP contribution in [0.5, 0.6) is 0 Å². The smallest absolute Gasteiger partial charge is 0.415 e. The van der Waals surface area contributed by atoms with Crippen LogP contribution in [0, 0.1) is 0 Å². The van der Waals surface area contributed by atoms with Crippen molar-refractivity contribution in [3.63, 3.8) is 0 Å². The lowest BCUT2D eigenvalue weighted by Crippen LogP contribution is -2.50. The van der Waals surface area contributed by atoms with E-state index in [1.807, 2.05) is 4.90 Å². The largest absolute Gasteiger partial charge is 0.478 e. The lowest BCUT2D eigenvalue weighted by Gasteiger charge is -2.36. The normalized spacial score (nSPS) is 16.6. The van der Waals surface area contributed by atoms with Gasteiger partial charge in [0.1, 0.15) is 0 Å². The van der Waals surface area contributed by atoms with Crippen molar-refractivity contribution in [3.05, 3.63) is 76.2 Å². The highest BCUT2D eigenvalue weighted by Crippen LogP contribution is 2.25. The molecule has 2 aromatic carbocycles. The maximum atomic E-state index is 13.4. The van der Waals surface area contributed by atoms with Crippen LogP contribution in [-0.4, -0.2) is 75.6 Å². The molecule has 180 valence electrons. The molecular formula is C24H24F3N3O4. The molecule has 1 aliphatic rings. The van der Waals surface area contributed by atoms with E-state index < -0.39 is 24.8 Å². The van der Waals surface area contributed by atoms with Gasteiger partial charge in [0.25, 0.3) is 5.56 Å². The maximum absolute atomic E-state index is 13.4. The molecule has 1 unspecified atom stereocenters. The zero-order chi connectivity index (χ0) is 24.5. The summed E-state index contributed by atoms with van der Waals surface area (Å²) in [6, 6.07) is 15.3. The van der Waals surface area contributed by atoms with Gasteiger partial charge in [-0.1, -0.05) is 36.4 Å². The van der Waals surface area contributed by atoms with E-state index in [0.717, 1.165) is 0 Å². The van der Waals surface area contributed by atoms with Gasteiger partial charge in [-0.2, -0.15) is 13.2 Å². The summed E-state index contributed by atoms with van der Waals surface area (Å²) in [7, 11) is 0. The molecule has 0 radical (unpaired) electrons. The Morgan fingerprint density at radius 2 is 1.47 bits per heavy atom. The number of aromatic nitrogens is 1. The quantitative estimate of drug-likeness (QED) is 0.570. The van der Waals surface area contributed by atoms with Gasteiger partial charge in [0.05, 0.1) is 11.3 Å². The number of benzene rings is 2. The Morgan fingerprint density at radius 1 is 0.912 bits per heavy atom. The maximum Gasteiger partial charge on any atom is 0.415 e. The van der Waals surface area contributed by atoms with Crippen molar-refractivity contribution in [2.75, 3.05) is 32.7 Å². The van der Waals surface area contributed by atoms with Gasteiger partial charge in [0.2, 0.25) is 0 Å². The van der Waals surface area contributed by atoms with Crippen molar-refractivity contribution in [1.82, 2.24) is 14.4 Å². The van der Waals surface area contributed by atoms with Crippen LogP contribution < -0.4 is 5.56 Å². The van der Waals surface area contributed by atoms with Crippen LogP contribution in [0.25, 0.3) is 16.5 Å². The third kappa shape index (κ3) is 4.84. The molecule has 4 rings (SSSR count). The molecule has 2 heterocycles. The number of hydrogen-bond donors (Lipinski definition) is 2. The van der Waals surface area contributed by atoms with Crippen molar-refractivity contribution < 1.29 is 28.2 Å². The number of rotatable bonds is 6. The summed E-state index contributed by atoms with van der Waals surface area (Å²) < 4.78 is 39.5. The predicted molar refractivity (Wildman–Crippen MR) is 120 cm³/mol. The fourth-order valence-corrected chi connectivity index (χ4v) is 4.33. The van der Waals surface area contributed by atoms with Gasteiger partial charge in [-0.15, -0.1) is 0 Å². The minimum Gasteiger partial charge on any atom is -0.478 e. The van der Waals surface area contributed by atoms with Crippen LogP contribution in [0.2, 0.25) is 0 Å². The molecule has 1 aromatic heterocycles. The molecule has 7 nitrogen and oxygen atoms in total. The molecule has 0 aliphatic carbocycles. The zero-order valence-electron chi connectivity index (χ0n) is 18.2. The topological polar surface area (TPSA) is 86.0 Å². The fraction of sp³-hybridized carbons (Fsp3) is 0.333. The van der Waals surface area contributed by atoms with Crippen LogP contribution in [0.1, 0.15) is 16.1 Å². The number of fused-ring (bicyclic) bond motifs is 1. The Labute approximate surface area is 193 Å². The van der Waals surface area contributed by atoms with E-state index in [2.05, 4.69) is 0 Å². The van der Waals surface area contributed by atoms with Gasteiger partial charge in [-0.05, 0) is 18.2 Å². The third-order valence-electron chi connectivity index (χ3n) is 6.06. The second-order valence-electron chi connectivity index (χ2n) is 8.28. The average Bonchev–Trinajstić information content (AvgIpc) is 2.80. The fourth-order valence-electron chi connectivity index (χ4n) is 4.33. The Morgan fingerprint density at radius 3 is 2.06 bits per heavy atom. The molecule has 34 heavy (non-hydrogen) atoms. The first-order chi connectivity index (χ1) is 16.2. The third-order valence-corrected chi connectivity index (χ3v) is 6.06. The number of carbonyl (C=O) groups is 1. The van der Waals surface area contributed by atoms with Crippen molar-refractivity contribution >= 4 is 16.7 Å². The van der Waals surface area contributed by atoms with Gasteiger partial charge < -0.3 is 10.2 Å². The second-order valence-corrected chi connectivity index (χ2v) is 8.28. The van der Waals surface area contributed by atoms with E-state index in [9.17, 15) is 33.0 Å². The second kappa shape index (κ2) is 9.57. The summed E-state index contributed by atoms with van der Waals surface area (Å²) in [6.45, 7) is 0.894. The number of pyridine rings is 1. The van der Waals surface area contributed by atoms with Crippen LogP contribution in [0.3, 0.4) is 0 Å². The number of hydrogen-bond acceptors (Lipinski definition) is 5. The number of nitrogens with zero attached hydrogens (tertiary/aromatic N) is 3. The van der Waals surface area contributed by atoms with E-state index in [-0.39, 0.29) is 30.8 Å². The van der Waals surface area contributed by atoms with Crippen LogP contribution in [0.15, 0.2) is 59.4 Å². The van der Waals surface area contributed by atoms with E-state index in [0.29, 0.717) is 35.2 Å². The van der Waals surface area contributed by atoms with Crippen molar-refractivity contribution in [3.8, 4) is 5.69 Å². The summed E-state index contributed by atoms with van der Waals surface area (Å²) in [4.78, 5) is 29.2. The number of aliphatic hydroxyl groups is 1. The molecule has 0 spiro atoms. The van der Waals surface area contributed by atoms with Gasteiger partial charge >= 0.3 is 12.1 Å². The van der Waals surface area contributed by atoms with Crippen molar-refractivity contribution in [2.45, 2.75) is 18.8 Å². The number of alkyl halides is 3. The van der Waals surface area contributed by atoms with E-state index in [1.165, 1.54) is 9.47 Å². The molecule has 0 amide bonds. The van der Waals surface area contributed by atoms with Crippen LogP contribution in [-0.2, 0) is 6.54 Å². The Kier molecular flexibility index (Phi) is 6.74. The Balaban J connectivity index is 1.69. The summed E-state index contributed by atoms with van der Waals surface area (Å²) >= 11 is 0. The Bertz CT molecular complexity index is 1240. The number of β-amino-alcohol motifs (C(OH)–C–C–N with tert-alkyl or cyclic N) is 1. The highest BCUT2D eigenvalue weighted by Gasteiger charge is 2.39. The molecule has 1 aliphatic heterocycles. The first-order valence-corrected chi connectivity index (χ1v) is 10.8. The number of carboxylic acids is 1. The van der Waals surface area contributed by atoms with Crippen LogP contribution >= 0.6 is 0 Å². The molecule has 0 bridgehead atoms. The SMILES string of the molecule is O=C(O)c1c(CN2CCN(CC(O)C(F)(F)F)CC2)n(-c2ccccc2)c(=O)c2ccccc12. The van der Waals surface area contributed by atoms with Crippen molar-refractivity contribution in [1.29, 1.82) is 0 Å². The molecule has 1 atom stereocenters. The minimum atomic E-state index is -4.68. The first-order valence-electron chi connectivity index (χ1n) is 10.8. The molecule has 2 N–H and O–H groups in total. The lowest BCUT2D eigenvalue weighted by molar-refractivity contribution is -0.209. The highest BCUT2D eigenvalue weighted by molar-refractivity contribution is 6.04. The molecule has 0 saturated carbocycles. The number of aromatic carboxylic acids is 1. The first kappa shape index (κ1) is 23.9.